The van der Waals surface area contributed by atoms with E-state index in [4.69, 9.17) is 5.73 Å². The number of rotatable bonds is 3. The van der Waals surface area contributed by atoms with Gasteiger partial charge in [0.15, 0.2) is 0 Å². The molecule has 1 atom stereocenters. The molecule has 1 heterocycles. The van der Waals surface area contributed by atoms with Crippen LogP contribution in [0.1, 0.15) is 6.92 Å². The Balaban J connectivity index is 2.34. The molecule has 0 amide bonds. The lowest BCUT2D eigenvalue weighted by Crippen LogP contribution is -2.32. The minimum Gasteiger partial charge on any atom is -0.373 e. The van der Waals surface area contributed by atoms with Gasteiger partial charge in [-0.15, -0.1) is 0 Å². The summed E-state index contributed by atoms with van der Waals surface area (Å²) in [6.45, 7) is 2.74. The molecule has 86 valence electrons. The molecule has 0 aliphatic heterocycles. The number of imidazole rings is 1. The van der Waals surface area contributed by atoms with Crippen LogP contribution in [0.5, 0.6) is 0 Å². The van der Waals surface area contributed by atoms with E-state index >= 15 is 0 Å². The molecular weight excluding hydrogens is 204 g/mol. The minimum atomic E-state index is -0.179. The normalized spacial score (nSPS) is 12.9. The van der Waals surface area contributed by atoms with Crippen molar-refractivity contribution in [3.05, 3.63) is 28.7 Å². The third-order valence-electron chi connectivity index (χ3n) is 2.50. The van der Waals surface area contributed by atoms with Crippen LogP contribution in [0, 0.1) is 0 Å². The summed E-state index contributed by atoms with van der Waals surface area (Å²) in [6, 6.07) is 5.91. The molecule has 1 aromatic carbocycles. The fourth-order valence-electron chi connectivity index (χ4n) is 1.80. The number of nitrogens with two attached hydrogens (primary N) is 1. The summed E-state index contributed by atoms with van der Waals surface area (Å²) in [5.41, 5.74) is 8.25. The first-order chi connectivity index (χ1) is 7.56. The van der Waals surface area contributed by atoms with Gasteiger partial charge in [0.05, 0.1) is 11.0 Å². The Kier molecular flexibility index (Phi) is 2.70. The number of anilines is 1. The van der Waals surface area contributed by atoms with Crippen molar-refractivity contribution in [2.45, 2.75) is 13.0 Å². The number of aromatic nitrogens is 2. The first kappa shape index (κ1) is 10.8. The van der Waals surface area contributed by atoms with Gasteiger partial charge in [0, 0.05) is 25.3 Å². The van der Waals surface area contributed by atoms with Gasteiger partial charge in [-0.25, -0.2) is 4.79 Å². The number of nitrogens with one attached hydrogen (secondary N) is 2. The Hall–Kier alpha value is -1.75. The first-order valence-electron chi connectivity index (χ1n) is 5.25. The van der Waals surface area contributed by atoms with E-state index < -0.39 is 0 Å². The molecule has 0 aliphatic carbocycles. The fourth-order valence-corrected chi connectivity index (χ4v) is 1.80. The molecule has 0 aliphatic rings. The highest BCUT2D eigenvalue weighted by atomic mass is 16.1. The number of fused-ring (bicyclic) bond motifs is 1. The maximum Gasteiger partial charge on any atom is 0.323 e. The highest BCUT2D eigenvalue weighted by Crippen LogP contribution is 2.17. The molecule has 0 bridgehead atoms. The van der Waals surface area contributed by atoms with Gasteiger partial charge in [0.1, 0.15) is 0 Å². The predicted octanol–water partition coefficient (Wildman–Crippen LogP) is 0.640. The van der Waals surface area contributed by atoms with Crippen LogP contribution in [-0.4, -0.2) is 29.6 Å². The number of benzene rings is 1. The molecule has 0 fully saturated rings. The predicted molar refractivity (Wildman–Crippen MR) is 65.8 cm³/mol. The maximum atomic E-state index is 11.1. The van der Waals surface area contributed by atoms with Gasteiger partial charge in [-0.2, -0.15) is 0 Å². The van der Waals surface area contributed by atoms with Gasteiger partial charge < -0.3 is 20.6 Å². The fraction of sp³-hybridized carbons (Fsp3) is 0.364. The van der Waals surface area contributed by atoms with Crippen LogP contribution in [0.4, 0.5) is 5.69 Å². The number of H-pyrrole nitrogens is 2. The molecule has 0 saturated heterocycles. The van der Waals surface area contributed by atoms with E-state index in [1.165, 1.54) is 0 Å². The van der Waals surface area contributed by atoms with Gasteiger partial charge in [-0.3, -0.25) is 0 Å². The summed E-state index contributed by atoms with van der Waals surface area (Å²) < 4.78 is 0. The van der Waals surface area contributed by atoms with Crippen molar-refractivity contribution < 1.29 is 0 Å². The molecular formula is C11H16N4O. The summed E-state index contributed by atoms with van der Waals surface area (Å²) in [5, 5.41) is 0. The Labute approximate surface area is 93.3 Å². The van der Waals surface area contributed by atoms with Crippen LogP contribution in [0.2, 0.25) is 0 Å². The summed E-state index contributed by atoms with van der Waals surface area (Å²) in [5.74, 6) is 0. The molecule has 0 saturated carbocycles. The zero-order chi connectivity index (χ0) is 11.7. The standard InChI is InChI=1S/C11H16N4O/c1-7(12)6-15(2)8-3-4-9-10(5-8)14-11(16)13-9/h3-5,7H,6,12H2,1-2H3,(H2,13,14,16). The second-order valence-corrected chi connectivity index (χ2v) is 4.17. The van der Waals surface area contributed by atoms with Crippen molar-refractivity contribution in [1.29, 1.82) is 0 Å². The van der Waals surface area contributed by atoms with E-state index in [1.807, 2.05) is 32.2 Å². The number of hydrogen-bond acceptors (Lipinski definition) is 3. The molecule has 1 aromatic heterocycles. The van der Waals surface area contributed by atoms with Crippen LogP contribution < -0.4 is 16.3 Å². The smallest absolute Gasteiger partial charge is 0.323 e. The number of likely N-dealkylation sites (N-methyl/N-ethyl adjacent to an activating group) is 1. The lowest BCUT2D eigenvalue weighted by molar-refractivity contribution is 0.718. The largest absolute Gasteiger partial charge is 0.373 e. The van der Waals surface area contributed by atoms with E-state index in [9.17, 15) is 4.79 Å². The Morgan fingerprint density at radius 1 is 1.38 bits per heavy atom. The van der Waals surface area contributed by atoms with E-state index in [2.05, 4.69) is 14.9 Å². The van der Waals surface area contributed by atoms with Crippen LogP contribution in [0.3, 0.4) is 0 Å². The Morgan fingerprint density at radius 3 is 2.75 bits per heavy atom. The third kappa shape index (κ3) is 2.09. The number of nitrogens with zero attached hydrogens (tertiary/aromatic N) is 1. The van der Waals surface area contributed by atoms with Gasteiger partial charge in [-0.1, -0.05) is 0 Å². The maximum absolute atomic E-state index is 11.1. The molecule has 16 heavy (non-hydrogen) atoms. The van der Waals surface area contributed by atoms with Crippen molar-refractivity contribution in [1.82, 2.24) is 9.97 Å². The van der Waals surface area contributed by atoms with Crippen LogP contribution >= 0.6 is 0 Å². The van der Waals surface area contributed by atoms with Crippen molar-refractivity contribution in [3.63, 3.8) is 0 Å². The highest BCUT2D eigenvalue weighted by Gasteiger charge is 2.05. The molecule has 4 N–H and O–H groups in total. The zero-order valence-electron chi connectivity index (χ0n) is 9.45. The van der Waals surface area contributed by atoms with Gasteiger partial charge in [0.2, 0.25) is 0 Å². The summed E-state index contributed by atoms with van der Waals surface area (Å²) >= 11 is 0. The Morgan fingerprint density at radius 2 is 2.06 bits per heavy atom. The van der Waals surface area contributed by atoms with Crippen LogP contribution in [-0.2, 0) is 0 Å². The van der Waals surface area contributed by atoms with Crippen molar-refractivity contribution in [2.24, 2.45) is 5.73 Å². The van der Waals surface area contributed by atoms with Crippen LogP contribution in [0.15, 0.2) is 23.0 Å². The second kappa shape index (κ2) is 4.02. The van der Waals surface area contributed by atoms with Crippen molar-refractivity contribution in [3.8, 4) is 0 Å². The summed E-state index contributed by atoms with van der Waals surface area (Å²) in [4.78, 5) is 18.6. The lowest BCUT2D eigenvalue weighted by atomic mass is 10.2. The lowest BCUT2D eigenvalue weighted by Gasteiger charge is -2.21. The van der Waals surface area contributed by atoms with Gasteiger partial charge in [-0.05, 0) is 25.1 Å². The molecule has 0 spiro atoms. The number of hydrogen-bond donors (Lipinski definition) is 3. The molecule has 2 aromatic rings. The van der Waals surface area contributed by atoms with Gasteiger partial charge >= 0.3 is 5.69 Å². The van der Waals surface area contributed by atoms with Crippen molar-refractivity contribution >= 4 is 16.7 Å². The van der Waals surface area contributed by atoms with Crippen LogP contribution in [0.25, 0.3) is 11.0 Å². The SMILES string of the molecule is CC(N)CN(C)c1ccc2[nH]c(=O)[nH]c2c1. The topological polar surface area (TPSA) is 77.9 Å². The van der Waals surface area contributed by atoms with E-state index in [0.29, 0.717) is 0 Å². The summed E-state index contributed by atoms with van der Waals surface area (Å²) in [6.07, 6.45) is 0. The first-order valence-corrected chi connectivity index (χ1v) is 5.25. The second-order valence-electron chi connectivity index (χ2n) is 4.17. The van der Waals surface area contributed by atoms with Gasteiger partial charge in [0.25, 0.3) is 0 Å². The van der Waals surface area contributed by atoms with E-state index in [0.717, 1.165) is 23.3 Å². The molecule has 0 radical (unpaired) electrons. The van der Waals surface area contributed by atoms with Crippen molar-refractivity contribution in [2.75, 3.05) is 18.5 Å². The zero-order valence-corrected chi connectivity index (χ0v) is 9.45. The highest BCUT2D eigenvalue weighted by molar-refractivity contribution is 5.78. The third-order valence-corrected chi connectivity index (χ3v) is 2.50. The monoisotopic (exact) mass is 220 g/mol. The van der Waals surface area contributed by atoms with E-state index in [1.54, 1.807) is 0 Å². The molecule has 2 rings (SSSR count). The number of aromatic amines is 2. The Bertz CT molecular complexity index is 540. The molecule has 1 unspecified atom stereocenters. The average Bonchev–Trinajstić information content (AvgIpc) is 2.55. The van der Waals surface area contributed by atoms with E-state index in [-0.39, 0.29) is 11.7 Å². The summed E-state index contributed by atoms with van der Waals surface area (Å²) in [7, 11) is 1.98. The molecule has 5 heteroatoms. The average molecular weight is 220 g/mol. The quantitative estimate of drug-likeness (QED) is 0.710. The minimum absolute atomic E-state index is 0.117. The molecule has 5 nitrogen and oxygen atoms in total.